The third-order valence-electron chi connectivity index (χ3n) is 5.80. The molecule has 0 N–H and O–H groups in total. The maximum absolute atomic E-state index is 12.6. The molecule has 5 nitrogen and oxygen atoms in total. The number of carbonyl (C=O) groups excluding carboxylic acids is 1. The van der Waals surface area contributed by atoms with Crippen LogP contribution >= 0.6 is 11.3 Å². The van der Waals surface area contributed by atoms with Crippen LogP contribution in [0.5, 0.6) is 0 Å². The summed E-state index contributed by atoms with van der Waals surface area (Å²) in [5.74, 6) is 0.192. The summed E-state index contributed by atoms with van der Waals surface area (Å²) >= 11 is 1.73. The van der Waals surface area contributed by atoms with Crippen LogP contribution in [-0.4, -0.2) is 53.5 Å². The van der Waals surface area contributed by atoms with Gasteiger partial charge >= 0.3 is 0 Å². The van der Waals surface area contributed by atoms with Gasteiger partial charge in [-0.1, -0.05) is 0 Å². The minimum absolute atomic E-state index is 0.192. The van der Waals surface area contributed by atoms with Crippen LogP contribution in [0.15, 0.2) is 23.4 Å². The Kier molecular flexibility index (Phi) is 4.35. The average molecular weight is 347 g/mol. The highest BCUT2D eigenvalue weighted by Crippen LogP contribution is 2.56. The van der Waals surface area contributed by atoms with Gasteiger partial charge in [-0.3, -0.25) is 9.69 Å². The molecular weight excluding hydrogens is 322 g/mol. The monoisotopic (exact) mass is 347 g/mol. The van der Waals surface area contributed by atoms with E-state index in [4.69, 9.17) is 4.74 Å². The number of likely N-dealkylation sites (tertiary alicyclic amines) is 1. The van der Waals surface area contributed by atoms with Crippen LogP contribution in [0.1, 0.15) is 37.1 Å². The molecule has 0 unspecified atom stereocenters. The SMILES string of the molecule is CN(Cc1nccs1)[C@H]1CC12CCN(C(=O)C1=COCCC1)CC2. The number of piperidine rings is 1. The predicted molar refractivity (Wildman–Crippen MR) is 93.5 cm³/mol. The molecule has 2 fully saturated rings. The van der Waals surface area contributed by atoms with Crippen molar-refractivity contribution in [3.8, 4) is 0 Å². The van der Waals surface area contributed by atoms with Crippen LogP contribution in [0.3, 0.4) is 0 Å². The van der Waals surface area contributed by atoms with E-state index in [0.29, 0.717) is 11.5 Å². The van der Waals surface area contributed by atoms with E-state index < -0.39 is 0 Å². The molecule has 6 heteroatoms. The minimum Gasteiger partial charge on any atom is -0.501 e. The zero-order valence-corrected chi connectivity index (χ0v) is 15.1. The second-order valence-corrected chi connectivity index (χ2v) is 8.31. The largest absolute Gasteiger partial charge is 0.501 e. The summed E-state index contributed by atoms with van der Waals surface area (Å²) in [6, 6.07) is 0.649. The third-order valence-corrected chi connectivity index (χ3v) is 6.57. The van der Waals surface area contributed by atoms with Crippen LogP contribution in [0.4, 0.5) is 0 Å². The number of hydrogen-bond acceptors (Lipinski definition) is 5. The van der Waals surface area contributed by atoms with Gasteiger partial charge in [-0.25, -0.2) is 4.98 Å². The fraction of sp³-hybridized carbons (Fsp3) is 0.667. The predicted octanol–water partition coefficient (Wildman–Crippen LogP) is 2.65. The number of thiazole rings is 1. The van der Waals surface area contributed by atoms with Crippen molar-refractivity contribution < 1.29 is 9.53 Å². The van der Waals surface area contributed by atoms with Crippen molar-refractivity contribution in [1.29, 1.82) is 0 Å². The maximum Gasteiger partial charge on any atom is 0.252 e. The second kappa shape index (κ2) is 6.48. The van der Waals surface area contributed by atoms with E-state index in [1.807, 2.05) is 16.5 Å². The molecule has 1 amide bonds. The first-order chi connectivity index (χ1) is 11.7. The second-order valence-electron chi connectivity index (χ2n) is 7.33. The lowest BCUT2D eigenvalue weighted by Gasteiger charge is -2.34. The topological polar surface area (TPSA) is 45.7 Å². The Morgan fingerprint density at radius 3 is 3.00 bits per heavy atom. The van der Waals surface area contributed by atoms with E-state index in [2.05, 4.69) is 16.9 Å². The van der Waals surface area contributed by atoms with Gasteiger partial charge < -0.3 is 9.64 Å². The van der Waals surface area contributed by atoms with Crippen molar-refractivity contribution in [1.82, 2.24) is 14.8 Å². The molecule has 0 bridgehead atoms. The fourth-order valence-corrected chi connectivity index (χ4v) is 4.90. The van der Waals surface area contributed by atoms with Gasteiger partial charge in [0, 0.05) is 30.7 Å². The molecule has 4 rings (SSSR count). The van der Waals surface area contributed by atoms with Gasteiger partial charge in [0.05, 0.1) is 25.0 Å². The molecular formula is C18H25N3O2S. The van der Waals surface area contributed by atoms with E-state index in [-0.39, 0.29) is 5.91 Å². The highest BCUT2D eigenvalue weighted by molar-refractivity contribution is 7.09. The molecule has 24 heavy (non-hydrogen) atoms. The average Bonchev–Trinajstić information content (AvgIpc) is 3.07. The standard InChI is InChI=1S/C18H25N3O2S/c1-20(12-16-19-6-10-24-16)15-11-18(15)4-7-21(8-5-18)17(22)14-3-2-9-23-13-14/h6,10,13,15H,2-5,7-9,11-12H2,1H3/t15-/m0/s1. The van der Waals surface area contributed by atoms with Gasteiger partial charge in [-0.15, -0.1) is 11.3 Å². The molecule has 1 aromatic rings. The van der Waals surface area contributed by atoms with Gasteiger partial charge in [0.15, 0.2) is 0 Å². The molecule has 1 aliphatic carbocycles. The number of nitrogens with zero attached hydrogens (tertiary/aromatic N) is 3. The van der Waals surface area contributed by atoms with Crippen LogP contribution in [0.2, 0.25) is 0 Å². The van der Waals surface area contributed by atoms with Crippen LogP contribution in [0.25, 0.3) is 0 Å². The van der Waals surface area contributed by atoms with Gasteiger partial charge in [-0.2, -0.15) is 0 Å². The molecule has 1 atom stereocenters. The van der Waals surface area contributed by atoms with Crippen molar-refractivity contribution in [2.24, 2.45) is 5.41 Å². The first-order valence-corrected chi connectivity index (χ1v) is 9.74. The maximum atomic E-state index is 12.6. The zero-order chi connectivity index (χ0) is 16.6. The van der Waals surface area contributed by atoms with Crippen molar-refractivity contribution >= 4 is 17.2 Å². The lowest BCUT2D eigenvalue weighted by Crippen LogP contribution is -2.42. The van der Waals surface area contributed by atoms with Crippen molar-refractivity contribution in [2.45, 2.75) is 44.7 Å². The summed E-state index contributed by atoms with van der Waals surface area (Å²) < 4.78 is 5.32. The van der Waals surface area contributed by atoms with Crippen LogP contribution in [0, 0.1) is 5.41 Å². The summed E-state index contributed by atoms with van der Waals surface area (Å²) in [6.45, 7) is 3.46. The van der Waals surface area contributed by atoms with E-state index in [1.165, 1.54) is 11.4 Å². The molecule has 3 aliphatic rings. The van der Waals surface area contributed by atoms with E-state index >= 15 is 0 Å². The van der Waals surface area contributed by atoms with Crippen LogP contribution < -0.4 is 0 Å². The molecule has 1 spiro atoms. The van der Waals surface area contributed by atoms with Gasteiger partial charge in [-0.05, 0) is 44.6 Å². The molecule has 0 radical (unpaired) electrons. The smallest absolute Gasteiger partial charge is 0.252 e. The van der Waals surface area contributed by atoms with Gasteiger partial charge in [0.1, 0.15) is 5.01 Å². The van der Waals surface area contributed by atoms with E-state index in [9.17, 15) is 4.79 Å². The summed E-state index contributed by atoms with van der Waals surface area (Å²) in [6.07, 6.45) is 8.89. The Bertz CT molecular complexity index is 620. The van der Waals surface area contributed by atoms with Crippen molar-refractivity contribution in [3.05, 3.63) is 28.4 Å². The fourth-order valence-electron chi connectivity index (χ4n) is 4.22. The van der Waals surface area contributed by atoms with Gasteiger partial charge in [0.25, 0.3) is 5.91 Å². The normalized spacial score (nSPS) is 25.5. The molecule has 130 valence electrons. The molecule has 0 aromatic carbocycles. The summed E-state index contributed by atoms with van der Waals surface area (Å²) in [7, 11) is 2.21. The van der Waals surface area contributed by atoms with E-state index in [1.54, 1.807) is 17.6 Å². The Morgan fingerprint density at radius 1 is 1.50 bits per heavy atom. The molecule has 1 saturated heterocycles. The highest BCUT2D eigenvalue weighted by Gasteiger charge is 2.56. The third kappa shape index (κ3) is 3.09. The van der Waals surface area contributed by atoms with Crippen molar-refractivity contribution in [2.75, 3.05) is 26.7 Å². The molecule has 3 heterocycles. The number of aromatic nitrogens is 1. The number of ether oxygens (including phenoxy) is 1. The number of rotatable bonds is 4. The Balaban J connectivity index is 1.30. The van der Waals surface area contributed by atoms with Crippen molar-refractivity contribution in [3.63, 3.8) is 0 Å². The van der Waals surface area contributed by atoms with Gasteiger partial charge in [0.2, 0.25) is 0 Å². The van der Waals surface area contributed by atoms with Crippen LogP contribution in [-0.2, 0) is 16.1 Å². The Labute approximate surface area is 147 Å². The highest BCUT2D eigenvalue weighted by atomic mass is 32.1. The summed E-state index contributed by atoms with van der Waals surface area (Å²) in [4.78, 5) is 21.4. The first kappa shape index (κ1) is 16.1. The molecule has 1 aromatic heterocycles. The summed E-state index contributed by atoms with van der Waals surface area (Å²) in [5.41, 5.74) is 1.28. The first-order valence-electron chi connectivity index (χ1n) is 8.86. The number of hydrogen-bond donors (Lipinski definition) is 0. The quantitative estimate of drug-likeness (QED) is 0.840. The zero-order valence-electron chi connectivity index (χ0n) is 14.2. The number of amides is 1. The summed E-state index contributed by atoms with van der Waals surface area (Å²) in [5, 5.41) is 3.23. The molecule has 2 aliphatic heterocycles. The van der Waals surface area contributed by atoms with E-state index in [0.717, 1.165) is 57.5 Å². The molecule has 1 saturated carbocycles. The Morgan fingerprint density at radius 2 is 2.33 bits per heavy atom. The Hall–Kier alpha value is -1.40. The lowest BCUT2D eigenvalue weighted by molar-refractivity contribution is -0.129. The minimum atomic E-state index is 0.192. The lowest BCUT2D eigenvalue weighted by atomic mass is 9.91. The number of carbonyl (C=O) groups is 1.